The van der Waals surface area contributed by atoms with Crippen molar-refractivity contribution >= 4 is 17.9 Å². The second-order valence-electron chi connectivity index (χ2n) is 8.66. The van der Waals surface area contributed by atoms with Crippen molar-refractivity contribution in [2.75, 3.05) is 5.32 Å². The predicted octanol–water partition coefficient (Wildman–Crippen LogP) is 5.50. The number of aromatic nitrogens is 3. The van der Waals surface area contributed by atoms with Crippen molar-refractivity contribution in [3.05, 3.63) is 96.1 Å². The van der Waals surface area contributed by atoms with Crippen molar-refractivity contribution in [2.24, 2.45) is 0 Å². The number of aliphatic carboxylic acids is 1. The smallest absolute Gasteiger partial charge is 0.413 e. The Morgan fingerprint density at radius 3 is 2.53 bits per heavy atom. The Kier molecular flexibility index (Phi) is 5.97. The summed E-state index contributed by atoms with van der Waals surface area (Å²) in [6.45, 7) is 1.78. The molecule has 182 valence electrons. The van der Waals surface area contributed by atoms with Gasteiger partial charge in [0.1, 0.15) is 17.7 Å². The summed E-state index contributed by atoms with van der Waals surface area (Å²) in [6.07, 6.45) is 2.83. The van der Waals surface area contributed by atoms with Gasteiger partial charge in [0, 0.05) is 11.6 Å². The van der Waals surface area contributed by atoms with Crippen molar-refractivity contribution in [2.45, 2.75) is 31.3 Å². The maximum Gasteiger partial charge on any atom is 0.413 e. The normalized spacial score (nSPS) is 14.6. The first-order chi connectivity index (χ1) is 17.4. The molecule has 2 N–H and O–H groups in total. The van der Waals surface area contributed by atoms with Gasteiger partial charge in [-0.25, -0.2) is 13.9 Å². The monoisotopic (exact) mass is 486 g/mol. The highest BCUT2D eigenvalue weighted by atomic mass is 19.1. The van der Waals surface area contributed by atoms with Crippen molar-refractivity contribution in [3.8, 4) is 16.9 Å². The Bertz CT molecular complexity index is 1420. The molecule has 1 aliphatic rings. The zero-order valence-corrected chi connectivity index (χ0v) is 19.4. The van der Waals surface area contributed by atoms with Crippen LogP contribution in [-0.2, 0) is 14.9 Å². The molecule has 2 heterocycles. The molecule has 1 amide bonds. The molecule has 1 aliphatic carbocycles. The average molecular weight is 487 g/mol. The number of ether oxygens (including phenoxy) is 1. The van der Waals surface area contributed by atoms with Crippen LogP contribution in [0.5, 0.6) is 0 Å². The molecule has 1 unspecified atom stereocenters. The number of nitrogens with one attached hydrogen (secondary N) is 1. The van der Waals surface area contributed by atoms with Gasteiger partial charge < -0.3 is 9.84 Å². The molecule has 4 aromatic rings. The quantitative estimate of drug-likeness (QED) is 0.357. The van der Waals surface area contributed by atoms with Gasteiger partial charge in [-0.3, -0.25) is 15.1 Å². The molecule has 2 aromatic heterocycles. The van der Waals surface area contributed by atoms with E-state index in [1.54, 1.807) is 31.2 Å². The first-order valence-electron chi connectivity index (χ1n) is 11.4. The van der Waals surface area contributed by atoms with Gasteiger partial charge in [-0.05, 0) is 49.1 Å². The number of benzene rings is 2. The molecule has 1 atom stereocenters. The van der Waals surface area contributed by atoms with Crippen LogP contribution in [0.4, 0.5) is 15.0 Å². The summed E-state index contributed by atoms with van der Waals surface area (Å²) in [7, 11) is 0. The van der Waals surface area contributed by atoms with Gasteiger partial charge in [0.25, 0.3) is 0 Å². The Hall–Kier alpha value is -4.53. The Morgan fingerprint density at radius 1 is 1.08 bits per heavy atom. The minimum atomic E-state index is -1.08. The molecule has 2 aromatic carbocycles. The van der Waals surface area contributed by atoms with E-state index in [9.17, 15) is 19.1 Å². The zero-order chi connectivity index (χ0) is 25.3. The lowest BCUT2D eigenvalue weighted by atomic mass is 9.89. The number of carboxylic acids is 1. The number of rotatable bonds is 7. The molecule has 0 aliphatic heterocycles. The Balaban J connectivity index is 1.36. The van der Waals surface area contributed by atoms with Gasteiger partial charge in [0.2, 0.25) is 0 Å². The molecule has 8 nitrogen and oxygen atoms in total. The maximum absolute atomic E-state index is 14.9. The number of hydrogen-bond donors (Lipinski definition) is 2. The number of carbonyl (C=O) groups is 2. The first-order valence-corrected chi connectivity index (χ1v) is 11.4. The fourth-order valence-corrected chi connectivity index (χ4v) is 4.26. The van der Waals surface area contributed by atoms with Crippen LogP contribution < -0.4 is 5.32 Å². The topological polar surface area (TPSA) is 106 Å². The van der Waals surface area contributed by atoms with Crippen LogP contribution in [0.15, 0.2) is 79.1 Å². The summed E-state index contributed by atoms with van der Waals surface area (Å²) in [5, 5.41) is 16.6. The van der Waals surface area contributed by atoms with E-state index in [4.69, 9.17) is 4.74 Å². The fourth-order valence-electron chi connectivity index (χ4n) is 4.26. The van der Waals surface area contributed by atoms with Crippen LogP contribution in [0.1, 0.15) is 37.0 Å². The van der Waals surface area contributed by atoms with Crippen LogP contribution >= 0.6 is 0 Å². The van der Waals surface area contributed by atoms with E-state index < -0.39 is 29.4 Å². The molecule has 0 spiro atoms. The number of carboxylic acid groups (broad SMARTS) is 1. The van der Waals surface area contributed by atoms with Gasteiger partial charge >= 0.3 is 12.1 Å². The number of amides is 1. The summed E-state index contributed by atoms with van der Waals surface area (Å²) < 4.78 is 21.8. The number of anilines is 1. The van der Waals surface area contributed by atoms with Gasteiger partial charge in [-0.2, -0.15) is 5.10 Å². The van der Waals surface area contributed by atoms with Crippen molar-refractivity contribution < 1.29 is 23.8 Å². The number of hydrogen-bond acceptors (Lipinski definition) is 5. The SMILES string of the molecule is CC(OC(=O)Nc1ccnn1-c1ccc(-c2c(F)cccc2C2(C(=O)O)CC2)nc1)c1ccccc1. The average Bonchev–Trinajstić information content (AvgIpc) is 3.58. The number of nitrogens with zero attached hydrogens (tertiary/aromatic N) is 3. The van der Waals surface area contributed by atoms with Crippen LogP contribution in [0.2, 0.25) is 0 Å². The van der Waals surface area contributed by atoms with Gasteiger partial charge in [0.05, 0.1) is 29.2 Å². The van der Waals surface area contributed by atoms with Crippen LogP contribution in [0.25, 0.3) is 16.9 Å². The van der Waals surface area contributed by atoms with Crippen molar-refractivity contribution in [1.29, 1.82) is 0 Å². The summed E-state index contributed by atoms with van der Waals surface area (Å²) in [5.41, 5.74) is 1.23. The van der Waals surface area contributed by atoms with Gasteiger partial charge in [0.15, 0.2) is 0 Å². The van der Waals surface area contributed by atoms with E-state index >= 15 is 0 Å². The van der Waals surface area contributed by atoms with Crippen LogP contribution in [0, 0.1) is 5.82 Å². The van der Waals surface area contributed by atoms with Crippen molar-refractivity contribution in [1.82, 2.24) is 14.8 Å². The first kappa shape index (κ1) is 23.2. The molecule has 9 heteroatoms. The molecule has 5 rings (SSSR count). The third kappa shape index (κ3) is 4.31. The lowest BCUT2D eigenvalue weighted by Crippen LogP contribution is -2.21. The molecular formula is C27H23FN4O4. The fraction of sp³-hybridized carbons (Fsp3) is 0.185. The minimum absolute atomic E-state index is 0.182. The number of halogens is 1. The lowest BCUT2D eigenvalue weighted by Gasteiger charge is -2.17. The summed E-state index contributed by atoms with van der Waals surface area (Å²) in [6, 6.07) is 18.7. The molecule has 0 saturated heterocycles. The lowest BCUT2D eigenvalue weighted by molar-refractivity contribution is -0.140. The third-order valence-corrected chi connectivity index (χ3v) is 6.36. The molecule has 36 heavy (non-hydrogen) atoms. The van der Waals surface area contributed by atoms with E-state index in [1.165, 1.54) is 29.2 Å². The number of carbonyl (C=O) groups excluding carboxylic acids is 1. The summed E-state index contributed by atoms with van der Waals surface area (Å²) >= 11 is 0. The highest BCUT2D eigenvalue weighted by Gasteiger charge is 2.53. The van der Waals surface area contributed by atoms with E-state index in [2.05, 4.69) is 15.4 Å². The van der Waals surface area contributed by atoms with E-state index in [1.807, 2.05) is 30.3 Å². The maximum atomic E-state index is 14.9. The van der Waals surface area contributed by atoms with Gasteiger partial charge in [-0.1, -0.05) is 42.5 Å². The second kappa shape index (κ2) is 9.26. The minimum Gasteiger partial charge on any atom is -0.481 e. The molecule has 1 fully saturated rings. The molecule has 0 radical (unpaired) electrons. The summed E-state index contributed by atoms with van der Waals surface area (Å²) in [5.74, 6) is -1.13. The highest BCUT2D eigenvalue weighted by Crippen LogP contribution is 2.51. The summed E-state index contributed by atoms with van der Waals surface area (Å²) in [4.78, 5) is 28.7. The zero-order valence-electron chi connectivity index (χ0n) is 19.4. The third-order valence-electron chi connectivity index (χ3n) is 6.36. The Labute approximate surface area is 206 Å². The van der Waals surface area contributed by atoms with Crippen LogP contribution in [-0.4, -0.2) is 31.9 Å². The van der Waals surface area contributed by atoms with E-state index in [0.29, 0.717) is 35.6 Å². The van der Waals surface area contributed by atoms with E-state index in [-0.39, 0.29) is 5.56 Å². The van der Waals surface area contributed by atoms with Crippen molar-refractivity contribution in [3.63, 3.8) is 0 Å². The number of pyridine rings is 1. The molecular weight excluding hydrogens is 463 g/mol. The Morgan fingerprint density at radius 2 is 1.86 bits per heavy atom. The second-order valence-corrected chi connectivity index (χ2v) is 8.66. The van der Waals surface area contributed by atoms with Gasteiger partial charge in [-0.15, -0.1) is 0 Å². The van der Waals surface area contributed by atoms with Crippen LogP contribution in [0.3, 0.4) is 0 Å². The largest absolute Gasteiger partial charge is 0.481 e. The molecule has 0 bridgehead atoms. The highest BCUT2D eigenvalue weighted by molar-refractivity contribution is 5.88. The predicted molar refractivity (Wildman–Crippen MR) is 130 cm³/mol. The van der Waals surface area contributed by atoms with E-state index in [0.717, 1.165) is 5.56 Å². The standard InChI is InChI=1S/C27H23FN4O4/c1-17(18-6-3-2-4-7-18)36-26(35)31-23-12-15-30-32(23)19-10-11-22(29-16-19)24-20(8-5-9-21(24)28)27(13-14-27)25(33)34/h2-12,15-17H,13-14H2,1H3,(H,31,35)(H,33,34). The molecule has 1 saturated carbocycles.